The summed E-state index contributed by atoms with van der Waals surface area (Å²) in [4.78, 5) is 52.4. The van der Waals surface area contributed by atoms with Gasteiger partial charge in [0.25, 0.3) is 11.8 Å². The molecule has 4 N–H and O–H groups in total. The summed E-state index contributed by atoms with van der Waals surface area (Å²) in [5.74, 6) is -2.53. The van der Waals surface area contributed by atoms with E-state index in [4.69, 9.17) is 23.2 Å². The molecule has 1 unspecified atom stereocenters. The van der Waals surface area contributed by atoms with Crippen molar-refractivity contribution >= 4 is 76.1 Å². The second-order valence-electron chi connectivity index (χ2n) is 10.7. The molecule has 0 spiro atoms. The largest absolute Gasteiger partial charge is 0.478 e. The Morgan fingerprint density at radius 2 is 1.37 bits per heavy atom. The molecule has 0 bridgehead atoms. The summed E-state index contributed by atoms with van der Waals surface area (Å²) in [7, 11) is 0. The molecular weight excluding hydrogens is 681 g/mol. The highest BCUT2D eigenvalue weighted by atomic mass is 35.5. The van der Waals surface area contributed by atoms with E-state index in [1.165, 1.54) is 30.0 Å². The molecule has 0 aliphatic carbocycles. The zero-order valence-electron chi connectivity index (χ0n) is 25.9. The molecule has 0 saturated heterocycles. The minimum Gasteiger partial charge on any atom is -0.478 e. The van der Waals surface area contributed by atoms with E-state index < -0.39 is 23.0 Å². The third kappa shape index (κ3) is 9.17. The highest BCUT2D eigenvalue weighted by Crippen LogP contribution is 2.37. The SMILES string of the molecule is Cc1ccc(C(=O)O)cc1NC(=O)C(Sc1ccc(NC(=O)/C(=C/c2c(Cl)cccc2Cl)NC(=O)c2ccccc2)cc1)c1ccccc1. The maximum absolute atomic E-state index is 13.6. The van der Waals surface area contributed by atoms with Crippen molar-refractivity contribution in [3.05, 3.63) is 165 Å². The summed E-state index contributed by atoms with van der Waals surface area (Å²) < 4.78 is 0. The second-order valence-corrected chi connectivity index (χ2v) is 12.7. The van der Waals surface area contributed by atoms with Crippen molar-refractivity contribution in [1.29, 1.82) is 0 Å². The van der Waals surface area contributed by atoms with Crippen LogP contribution in [0, 0.1) is 6.92 Å². The maximum Gasteiger partial charge on any atom is 0.335 e. The number of amides is 3. The van der Waals surface area contributed by atoms with Crippen LogP contribution in [0.15, 0.2) is 132 Å². The normalized spacial score (nSPS) is 11.7. The quantitative estimate of drug-likeness (QED) is 0.0802. The van der Waals surface area contributed by atoms with Gasteiger partial charge >= 0.3 is 5.97 Å². The molecule has 49 heavy (non-hydrogen) atoms. The number of carbonyl (C=O) groups excluding carboxylic acids is 3. The highest BCUT2D eigenvalue weighted by molar-refractivity contribution is 8.00. The molecular formula is C38H29Cl2N3O5S. The molecule has 0 radical (unpaired) electrons. The molecule has 0 aliphatic rings. The smallest absolute Gasteiger partial charge is 0.335 e. The third-order valence-corrected chi connectivity index (χ3v) is 9.19. The van der Waals surface area contributed by atoms with E-state index in [9.17, 15) is 24.3 Å². The Hall–Kier alpha value is -5.35. The lowest BCUT2D eigenvalue weighted by Gasteiger charge is -2.18. The minimum absolute atomic E-state index is 0.0649. The standard InChI is InChI=1S/C38H29Cl2N3O5S/c1-23-15-16-26(38(47)48)21-32(23)42-37(46)34(24-9-4-2-5-10-24)49-28-19-17-27(18-20-28)41-36(45)33(22-29-30(39)13-8-14-31(29)40)43-35(44)25-11-6-3-7-12-25/h2-22,34H,1H3,(H,41,45)(H,42,46)(H,43,44)(H,47,48)/b33-22-. The first-order chi connectivity index (χ1) is 23.6. The summed E-state index contributed by atoms with van der Waals surface area (Å²) >= 11 is 14.0. The number of halogens is 2. The topological polar surface area (TPSA) is 125 Å². The summed E-state index contributed by atoms with van der Waals surface area (Å²) in [6.45, 7) is 1.79. The molecule has 0 heterocycles. The molecule has 1 atom stereocenters. The Balaban J connectivity index is 1.36. The molecule has 0 aliphatic heterocycles. The van der Waals surface area contributed by atoms with Crippen LogP contribution in [0.3, 0.4) is 0 Å². The van der Waals surface area contributed by atoms with Crippen molar-refractivity contribution < 1.29 is 24.3 Å². The third-order valence-electron chi connectivity index (χ3n) is 7.27. The Labute approximate surface area is 297 Å². The number of rotatable bonds is 11. The lowest BCUT2D eigenvalue weighted by molar-refractivity contribution is -0.116. The van der Waals surface area contributed by atoms with Crippen LogP contribution in [-0.2, 0) is 9.59 Å². The Morgan fingerprint density at radius 3 is 2.00 bits per heavy atom. The maximum atomic E-state index is 13.6. The van der Waals surface area contributed by atoms with Crippen molar-refractivity contribution in [2.45, 2.75) is 17.1 Å². The van der Waals surface area contributed by atoms with Crippen LogP contribution in [0.2, 0.25) is 10.0 Å². The van der Waals surface area contributed by atoms with E-state index in [1.54, 1.807) is 85.8 Å². The predicted octanol–water partition coefficient (Wildman–Crippen LogP) is 8.88. The number of carbonyl (C=O) groups is 4. The van der Waals surface area contributed by atoms with Crippen LogP contribution in [-0.4, -0.2) is 28.8 Å². The molecule has 0 aromatic heterocycles. The lowest BCUT2D eigenvalue weighted by Crippen LogP contribution is -2.30. The van der Waals surface area contributed by atoms with Gasteiger partial charge < -0.3 is 21.1 Å². The van der Waals surface area contributed by atoms with Gasteiger partial charge in [-0.2, -0.15) is 0 Å². The number of anilines is 2. The summed E-state index contributed by atoms with van der Waals surface area (Å²) in [6, 6.07) is 34.0. The van der Waals surface area contributed by atoms with Gasteiger partial charge in [0.1, 0.15) is 10.9 Å². The molecule has 11 heteroatoms. The van der Waals surface area contributed by atoms with Crippen molar-refractivity contribution in [3.63, 3.8) is 0 Å². The fourth-order valence-electron chi connectivity index (χ4n) is 4.68. The number of aromatic carboxylic acids is 1. The molecule has 3 amide bonds. The van der Waals surface area contributed by atoms with Gasteiger partial charge in [-0.05, 0) is 84.8 Å². The zero-order valence-corrected chi connectivity index (χ0v) is 28.3. The average molecular weight is 711 g/mol. The van der Waals surface area contributed by atoms with Gasteiger partial charge in [0.05, 0.1) is 5.56 Å². The van der Waals surface area contributed by atoms with Crippen molar-refractivity contribution in [2.24, 2.45) is 0 Å². The number of hydrogen-bond acceptors (Lipinski definition) is 5. The Morgan fingerprint density at radius 1 is 0.735 bits per heavy atom. The number of carboxylic acids is 1. The molecule has 5 aromatic carbocycles. The monoisotopic (exact) mass is 709 g/mol. The van der Waals surface area contributed by atoms with E-state index in [-0.39, 0.29) is 17.2 Å². The highest BCUT2D eigenvalue weighted by Gasteiger charge is 2.23. The van der Waals surface area contributed by atoms with Gasteiger partial charge in [0.15, 0.2) is 0 Å². The molecule has 5 rings (SSSR count). The van der Waals surface area contributed by atoms with Crippen molar-refractivity contribution in [1.82, 2.24) is 5.32 Å². The van der Waals surface area contributed by atoms with Crippen LogP contribution >= 0.6 is 35.0 Å². The van der Waals surface area contributed by atoms with Crippen LogP contribution < -0.4 is 16.0 Å². The second kappa shape index (κ2) is 16.2. The predicted molar refractivity (Wildman–Crippen MR) is 195 cm³/mol. The summed E-state index contributed by atoms with van der Waals surface area (Å²) in [6.07, 6.45) is 1.42. The van der Waals surface area contributed by atoms with Gasteiger partial charge in [0.2, 0.25) is 5.91 Å². The van der Waals surface area contributed by atoms with Gasteiger partial charge in [-0.25, -0.2) is 4.79 Å². The summed E-state index contributed by atoms with van der Waals surface area (Å²) in [5, 5.41) is 17.7. The van der Waals surface area contributed by atoms with Crippen LogP contribution in [0.25, 0.3) is 6.08 Å². The number of hydrogen-bond donors (Lipinski definition) is 4. The number of aryl methyl sites for hydroxylation is 1. The molecule has 0 fully saturated rings. The number of benzene rings is 5. The van der Waals surface area contributed by atoms with Crippen LogP contribution in [0.5, 0.6) is 0 Å². The first-order valence-corrected chi connectivity index (χ1v) is 16.5. The summed E-state index contributed by atoms with van der Waals surface area (Å²) in [5.41, 5.74) is 3.02. The van der Waals surface area contributed by atoms with E-state index in [1.807, 2.05) is 30.3 Å². The molecule has 5 aromatic rings. The van der Waals surface area contributed by atoms with E-state index >= 15 is 0 Å². The Bertz CT molecular complexity index is 2020. The molecule has 8 nitrogen and oxygen atoms in total. The van der Waals surface area contributed by atoms with Crippen molar-refractivity contribution in [2.75, 3.05) is 10.6 Å². The average Bonchev–Trinajstić information content (AvgIpc) is 3.10. The Kier molecular flexibility index (Phi) is 11.5. The number of thioether (sulfide) groups is 1. The van der Waals surface area contributed by atoms with E-state index in [2.05, 4.69) is 16.0 Å². The fourth-order valence-corrected chi connectivity index (χ4v) is 6.21. The first-order valence-electron chi connectivity index (χ1n) is 14.9. The van der Waals surface area contributed by atoms with Gasteiger partial charge in [-0.3, -0.25) is 14.4 Å². The number of nitrogens with one attached hydrogen (secondary N) is 3. The zero-order chi connectivity index (χ0) is 34.9. The van der Waals surface area contributed by atoms with Gasteiger partial charge in [-0.15, -0.1) is 11.8 Å². The minimum atomic E-state index is -1.09. The first kappa shape index (κ1) is 35.0. The van der Waals surface area contributed by atoms with Gasteiger partial charge in [0, 0.05) is 37.4 Å². The number of carboxylic acid groups (broad SMARTS) is 1. The van der Waals surface area contributed by atoms with Gasteiger partial charge in [-0.1, -0.05) is 83.9 Å². The van der Waals surface area contributed by atoms with E-state index in [0.29, 0.717) is 32.5 Å². The van der Waals surface area contributed by atoms with Crippen molar-refractivity contribution in [3.8, 4) is 0 Å². The van der Waals surface area contributed by atoms with E-state index in [0.717, 1.165) is 16.0 Å². The fraction of sp³-hybridized carbons (Fsp3) is 0.0526. The lowest BCUT2D eigenvalue weighted by atomic mass is 10.1. The molecule has 0 saturated carbocycles. The van der Waals surface area contributed by atoms with Crippen LogP contribution in [0.4, 0.5) is 11.4 Å². The van der Waals surface area contributed by atoms with Crippen LogP contribution in [0.1, 0.15) is 42.7 Å². The molecule has 246 valence electrons.